The van der Waals surface area contributed by atoms with Crippen molar-refractivity contribution in [1.29, 1.82) is 0 Å². The summed E-state index contributed by atoms with van der Waals surface area (Å²) in [7, 11) is 0. The molecule has 28 heavy (non-hydrogen) atoms. The normalized spacial score (nSPS) is 28.5. The zero-order chi connectivity index (χ0) is 19.8. The molecule has 5 rings (SSSR count). The van der Waals surface area contributed by atoms with E-state index in [4.69, 9.17) is 18.9 Å². The molecule has 4 aliphatic rings. The topological polar surface area (TPSA) is 57.2 Å². The lowest BCUT2D eigenvalue weighted by molar-refractivity contribution is -0.245. The summed E-state index contributed by atoms with van der Waals surface area (Å²) in [6.07, 6.45) is 0. The smallest absolute Gasteiger partial charge is 0.162 e. The standard InChI is InChI=1S/C19H24O5S4/c1-16(2)21-7-18(8-22-16)25-12-5-13-15(11(6-20)14(12)27-18)28-19(26-13)9-23-17(3,4)24-10-19/h5,20H,6-10H2,1-4H3. The van der Waals surface area contributed by atoms with Crippen molar-refractivity contribution in [2.24, 2.45) is 0 Å². The average Bonchev–Trinajstić information content (AvgIpc) is 3.17. The van der Waals surface area contributed by atoms with Crippen LogP contribution in [0.3, 0.4) is 0 Å². The van der Waals surface area contributed by atoms with Crippen LogP contribution in [0, 0.1) is 0 Å². The molecular formula is C19H24O5S4. The molecule has 0 saturated carbocycles. The summed E-state index contributed by atoms with van der Waals surface area (Å²) < 4.78 is 23.4. The summed E-state index contributed by atoms with van der Waals surface area (Å²) >= 11 is 7.17. The van der Waals surface area contributed by atoms with Gasteiger partial charge in [0.05, 0.1) is 33.0 Å². The van der Waals surface area contributed by atoms with E-state index >= 15 is 0 Å². The fourth-order valence-electron chi connectivity index (χ4n) is 3.52. The molecular weight excluding hydrogens is 436 g/mol. The third-order valence-electron chi connectivity index (χ3n) is 5.14. The number of benzene rings is 1. The van der Waals surface area contributed by atoms with Crippen molar-refractivity contribution in [1.82, 2.24) is 0 Å². The molecule has 5 nitrogen and oxygen atoms in total. The van der Waals surface area contributed by atoms with E-state index in [-0.39, 0.29) is 14.8 Å². The zero-order valence-electron chi connectivity index (χ0n) is 16.3. The molecule has 0 radical (unpaired) electrons. The van der Waals surface area contributed by atoms with Gasteiger partial charge in [-0.15, -0.1) is 47.0 Å². The molecule has 4 heterocycles. The first-order chi connectivity index (χ1) is 13.1. The number of hydrogen-bond acceptors (Lipinski definition) is 9. The Bertz CT molecular complexity index is 743. The van der Waals surface area contributed by atoms with Crippen molar-refractivity contribution in [2.45, 2.75) is 73.6 Å². The van der Waals surface area contributed by atoms with Crippen LogP contribution in [0.2, 0.25) is 0 Å². The van der Waals surface area contributed by atoms with Crippen LogP contribution in [0.1, 0.15) is 33.3 Å². The van der Waals surface area contributed by atoms with Gasteiger partial charge in [-0.25, -0.2) is 0 Å². The van der Waals surface area contributed by atoms with Crippen molar-refractivity contribution in [3.05, 3.63) is 11.6 Å². The van der Waals surface area contributed by atoms with Crippen LogP contribution in [0.4, 0.5) is 0 Å². The summed E-state index contributed by atoms with van der Waals surface area (Å²) in [5.74, 6) is -1.06. The molecule has 0 amide bonds. The molecule has 0 aliphatic carbocycles. The molecule has 2 saturated heterocycles. The lowest BCUT2D eigenvalue weighted by atomic mass is 10.2. The quantitative estimate of drug-likeness (QED) is 0.651. The molecule has 0 aromatic heterocycles. The SMILES string of the molecule is CC1(C)OCC2(CO1)Sc1cc3c(c(CO)c1S2)SC1(COC(C)(C)OC1)S3. The van der Waals surface area contributed by atoms with Gasteiger partial charge in [-0.2, -0.15) is 0 Å². The van der Waals surface area contributed by atoms with Crippen LogP contribution in [-0.4, -0.2) is 51.3 Å². The molecule has 4 aliphatic heterocycles. The summed E-state index contributed by atoms with van der Waals surface area (Å²) in [5, 5.41) is 10.2. The van der Waals surface area contributed by atoms with Gasteiger partial charge >= 0.3 is 0 Å². The molecule has 2 fully saturated rings. The molecule has 0 atom stereocenters. The minimum Gasteiger partial charge on any atom is -0.392 e. The Morgan fingerprint density at radius 2 is 1.14 bits per heavy atom. The van der Waals surface area contributed by atoms with Crippen molar-refractivity contribution >= 4 is 47.0 Å². The molecule has 0 bridgehead atoms. The second-order valence-corrected chi connectivity index (χ2v) is 14.5. The van der Waals surface area contributed by atoms with E-state index in [0.717, 1.165) is 5.56 Å². The predicted molar refractivity (Wildman–Crippen MR) is 113 cm³/mol. The maximum Gasteiger partial charge on any atom is 0.162 e. The van der Waals surface area contributed by atoms with E-state index in [2.05, 4.69) is 6.07 Å². The Morgan fingerprint density at radius 3 is 1.50 bits per heavy atom. The van der Waals surface area contributed by atoms with Crippen molar-refractivity contribution in [2.75, 3.05) is 26.4 Å². The molecule has 1 N–H and O–H groups in total. The fourth-order valence-corrected chi connectivity index (χ4v) is 9.71. The molecule has 2 spiro atoms. The van der Waals surface area contributed by atoms with E-state index in [1.807, 2.05) is 51.2 Å². The van der Waals surface area contributed by atoms with Crippen molar-refractivity contribution < 1.29 is 24.1 Å². The number of thioether (sulfide) groups is 4. The Kier molecular flexibility index (Phi) is 4.87. The van der Waals surface area contributed by atoms with Gasteiger partial charge in [0.2, 0.25) is 0 Å². The highest BCUT2D eigenvalue weighted by Crippen LogP contribution is 2.65. The van der Waals surface area contributed by atoms with Gasteiger partial charge in [-0.05, 0) is 33.8 Å². The van der Waals surface area contributed by atoms with E-state index in [1.165, 1.54) is 19.6 Å². The van der Waals surface area contributed by atoms with Gasteiger partial charge in [-0.1, -0.05) is 0 Å². The van der Waals surface area contributed by atoms with E-state index in [0.29, 0.717) is 26.4 Å². The van der Waals surface area contributed by atoms with Crippen molar-refractivity contribution in [3.8, 4) is 0 Å². The second-order valence-electron chi connectivity index (χ2n) is 8.35. The average molecular weight is 461 g/mol. The van der Waals surface area contributed by atoms with Gasteiger partial charge in [0, 0.05) is 25.1 Å². The van der Waals surface area contributed by atoms with Gasteiger partial charge in [0.1, 0.15) is 8.16 Å². The van der Waals surface area contributed by atoms with E-state index in [1.54, 1.807) is 23.5 Å². The Hall–Kier alpha value is 0.420. The molecule has 9 heteroatoms. The first kappa shape index (κ1) is 20.3. The highest BCUT2D eigenvalue weighted by molar-refractivity contribution is 8.21. The first-order valence-corrected chi connectivity index (χ1v) is 12.5. The third-order valence-corrected chi connectivity index (χ3v) is 11.3. The first-order valence-electron chi connectivity index (χ1n) is 9.27. The van der Waals surface area contributed by atoms with Gasteiger partial charge in [-0.3, -0.25) is 0 Å². The number of rotatable bonds is 1. The third kappa shape index (κ3) is 3.44. The minimum absolute atomic E-state index is 0.0270. The zero-order valence-corrected chi connectivity index (χ0v) is 19.6. The number of hydrogen-bond donors (Lipinski definition) is 1. The highest BCUT2D eigenvalue weighted by atomic mass is 32.2. The number of aliphatic hydroxyl groups excluding tert-OH is 1. The van der Waals surface area contributed by atoms with Crippen LogP contribution in [0.15, 0.2) is 25.6 Å². The second kappa shape index (κ2) is 6.71. The molecule has 154 valence electrons. The summed E-state index contributed by atoms with van der Waals surface area (Å²) in [4.78, 5) is 4.76. The van der Waals surface area contributed by atoms with Crippen LogP contribution >= 0.6 is 47.0 Å². The summed E-state index contributed by atoms with van der Waals surface area (Å²) in [6.45, 7) is 10.3. The van der Waals surface area contributed by atoms with Crippen LogP contribution < -0.4 is 0 Å². The van der Waals surface area contributed by atoms with Crippen LogP contribution in [-0.2, 0) is 25.6 Å². The van der Waals surface area contributed by atoms with Gasteiger partial charge in [0.15, 0.2) is 11.6 Å². The number of ether oxygens (including phenoxy) is 4. The lowest BCUT2D eigenvalue weighted by Gasteiger charge is -2.40. The van der Waals surface area contributed by atoms with Crippen molar-refractivity contribution in [3.63, 3.8) is 0 Å². The molecule has 1 aromatic carbocycles. The number of fused-ring (bicyclic) bond motifs is 2. The minimum atomic E-state index is -0.532. The Labute approximate surface area is 182 Å². The predicted octanol–water partition coefficient (Wildman–Crippen LogP) is 4.53. The van der Waals surface area contributed by atoms with Crippen LogP contribution in [0.5, 0.6) is 0 Å². The lowest BCUT2D eigenvalue weighted by Crippen LogP contribution is -2.46. The maximum atomic E-state index is 10.2. The largest absolute Gasteiger partial charge is 0.392 e. The van der Waals surface area contributed by atoms with Gasteiger partial charge in [0.25, 0.3) is 0 Å². The van der Waals surface area contributed by atoms with E-state index < -0.39 is 11.6 Å². The fraction of sp³-hybridized carbons (Fsp3) is 0.684. The summed E-state index contributed by atoms with van der Waals surface area (Å²) in [5.41, 5.74) is 1.02. The molecule has 0 unspecified atom stereocenters. The molecule has 1 aromatic rings. The summed E-state index contributed by atoms with van der Waals surface area (Å²) in [6, 6.07) is 2.27. The Morgan fingerprint density at radius 1 is 0.750 bits per heavy atom. The van der Waals surface area contributed by atoms with E-state index in [9.17, 15) is 5.11 Å². The van der Waals surface area contributed by atoms with Crippen LogP contribution in [0.25, 0.3) is 0 Å². The monoisotopic (exact) mass is 460 g/mol. The Balaban J connectivity index is 1.42. The van der Waals surface area contributed by atoms with Gasteiger partial charge < -0.3 is 24.1 Å². The number of aliphatic hydroxyl groups is 1. The maximum absolute atomic E-state index is 10.2. The highest BCUT2D eigenvalue weighted by Gasteiger charge is 2.51.